The zero-order valence-corrected chi connectivity index (χ0v) is 13.0. The molecule has 0 saturated carbocycles. The molecule has 4 nitrogen and oxygen atoms in total. The van der Waals surface area contributed by atoms with Crippen molar-refractivity contribution in [2.45, 2.75) is 20.5 Å². The van der Waals surface area contributed by atoms with Crippen molar-refractivity contribution >= 4 is 17.3 Å². The van der Waals surface area contributed by atoms with E-state index >= 15 is 0 Å². The van der Waals surface area contributed by atoms with Crippen LogP contribution in [0.25, 0.3) is 11.0 Å². The summed E-state index contributed by atoms with van der Waals surface area (Å²) in [6.07, 6.45) is 0.783. The van der Waals surface area contributed by atoms with Crippen LogP contribution in [0.15, 0.2) is 51.7 Å². The molecule has 0 N–H and O–H groups in total. The molecule has 0 bridgehead atoms. The molecule has 2 aromatic carbocycles. The Kier molecular flexibility index (Phi) is 3.98. The highest BCUT2D eigenvalue weighted by atomic mass is 16.5. The predicted octanol–water partition coefficient (Wildman–Crippen LogP) is 3.80. The van der Waals surface area contributed by atoms with E-state index in [-0.39, 0.29) is 6.61 Å². The van der Waals surface area contributed by atoms with Crippen LogP contribution in [0.3, 0.4) is 0 Å². The van der Waals surface area contributed by atoms with E-state index in [2.05, 4.69) is 0 Å². The number of ether oxygens (including phenoxy) is 1. The SMILES string of the molecule is Cc1cc2oc(=O)cc(COc3ccc(C=O)cc3)c2cc1C. The Hall–Kier alpha value is -2.88. The van der Waals surface area contributed by atoms with Crippen molar-refractivity contribution in [2.24, 2.45) is 0 Å². The summed E-state index contributed by atoms with van der Waals surface area (Å²) in [7, 11) is 0. The standard InChI is InChI=1S/C19H16O4/c1-12-7-17-15(9-19(21)23-18(17)8-13(12)2)11-22-16-5-3-14(10-20)4-6-16/h3-10H,11H2,1-2H3. The Morgan fingerprint density at radius 2 is 1.74 bits per heavy atom. The number of aldehydes is 1. The van der Waals surface area contributed by atoms with E-state index in [1.165, 1.54) is 6.07 Å². The van der Waals surface area contributed by atoms with E-state index in [1.54, 1.807) is 24.3 Å². The lowest BCUT2D eigenvalue weighted by Crippen LogP contribution is -2.04. The van der Waals surface area contributed by atoms with E-state index in [1.807, 2.05) is 26.0 Å². The van der Waals surface area contributed by atoms with E-state index in [4.69, 9.17) is 9.15 Å². The summed E-state index contributed by atoms with van der Waals surface area (Å²) < 4.78 is 11.0. The van der Waals surface area contributed by atoms with Gasteiger partial charge in [-0.1, -0.05) is 0 Å². The zero-order valence-electron chi connectivity index (χ0n) is 13.0. The Labute approximate surface area is 133 Å². The normalized spacial score (nSPS) is 10.7. The van der Waals surface area contributed by atoms with Crippen LogP contribution in [0.2, 0.25) is 0 Å². The Bertz CT molecular complexity index is 920. The Morgan fingerprint density at radius 3 is 2.43 bits per heavy atom. The Morgan fingerprint density at radius 1 is 1.04 bits per heavy atom. The number of rotatable bonds is 4. The molecule has 0 aliphatic rings. The fourth-order valence-electron chi connectivity index (χ4n) is 2.41. The van der Waals surface area contributed by atoms with Gasteiger partial charge in [-0.15, -0.1) is 0 Å². The van der Waals surface area contributed by atoms with Crippen LogP contribution in [0.1, 0.15) is 27.0 Å². The highest BCUT2D eigenvalue weighted by Crippen LogP contribution is 2.23. The molecule has 1 aromatic heterocycles. The van der Waals surface area contributed by atoms with Crippen molar-refractivity contribution in [2.75, 3.05) is 0 Å². The summed E-state index contributed by atoms with van der Waals surface area (Å²) in [5.41, 5.74) is 3.74. The van der Waals surface area contributed by atoms with Gasteiger partial charge in [0.15, 0.2) is 0 Å². The number of aryl methyl sites for hydroxylation is 2. The first-order valence-electron chi connectivity index (χ1n) is 7.29. The van der Waals surface area contributed by atoms with Gasteiger partial charge in [-0.25, -0.2) is 4.79 Å². The number of fused-ring (bicyclic) bond motifs is 1. The van der Waals surface area contributed by atoms with Crippen LogP contribution >= 0.6 is 0 Å². The molecule has 0 aliphatic carbocycles. The molecule has 0 amide bonds. The number of hydrogen-bond acceptors (Lipinski definition) is 4. The van der Waals surface area contributed by atoms with Crippen molar-refractivity contribution in [1.29, 1.82) is 0 Å². The summed E-state index contributed by atoms with van der Waals surface area (Å²) in [6, 6.07) is 12.2. The summed E-state index contributed by atoms with van der Waals surface area (Å²) in [5, 5.41) is 0.872. The predicted molar refractivity (Wildman–Crippen MR) is 88.1 cm³/mol. The van der Waals surface area contributed by atoms with Crippen LogP contribution in [0, 0.1) is 13.8 Å². The minimum atomic E-state index is -0.393. The molecule has 4 heteroatoms. The van der Waals surface area contributed by atoms with Crippen molar-refractivity contribution in [1.82, 2.24) is 0 Å². The van der Waals surface area contributed by atoms with Gasteiger partial charge in [0, 0.05) is 22.6 Å². The smallest absolute Gasteiger partial charge is 0.336 e. The molecule has 3 aromatic rings. The molecule has 0 atom stereocenters. The lowest BCUT2D eigenvalue weighted by atomic mass is 10.0. The van der Waals surface area contributed by atoms with Gasteiger partial charge in [0.05, 0.1) is 0 Å². The van der Waals surface area contributed by atoms with Gasteiger partial charge < -0.3 is 9.15 Å². The fraction of sp³-hybridized carbons (Fsp3) is 0.158. The van der Waals surface area contributed by atoms with Gasteiger partial charge in [0.25, 0.3) is 0 Å². The topological polar surface area (TPSA) is 56.5 Å². The fourth-order valence-corrected chi connectivity index (χ4v) is 2.41. The molecule has 3 rings (SSSR count). The second-order valence-corrected chi connectivity index (χ2v) is 5.50. The Balaban J connectivity index is 1.93. The van der Waals surface area contributed by atoms with Crippen LogP contribution < -0.4 is 10.4 Å². The quantitative estimate of drug-likeness (QED) is 0.543. The maximum absolute atomic E-state index is 11.7. The second-order valence-electron chi connectivity index (χ2n) is 5.50. The maximum Gasteiger partial charge on any atom is 0.336 e. The van der Waals surface area contributed by atoms with Crippen LogP contribution in [0.5, 0.6) is 5.75 Å². The average molecular weight is 308 g/mol. The lowest BCUT2D eigenvalue weighted by Gasteiger charge is -2.10. The van der Waals surface area contributed by atoms with E-state index in [0.717, 1.165) is 28.4 Å². The first kappa shape index (κ1) is 15.0. The third kappa shape index (κ3) is 3.16. The zero-order chi connectivity index (χ0) is 16.4. The molecule has 116 valence electrons. The lowest BCUT2D eigenvalue weighted by molar-refractivity contribution is 0.112. The van der Waals surface area contributed by atoms with Gasteiger partial charge in [-0.3, -0.25) is 4.79 Å². The van der Waals surface area contributed by atoms with Crippen LogP contribution in [0.4, 0.5) is 0 Å². The van der Waals surface area contributed by atoms with Crippen LogP contribution in [-0.4, -0.2) is 6.29 Å². The first-order valence-corrected chi connectivity index (χ1v) is 7.29. The van der Waals surface area contributed by atoms with Gasteiger partial charge in [0.2, 0.25) is 0 Å². The number of carbonyl (C=O) groups excluding carboxylic acids is 1. The van der Waals surface area contributed by atoms with E-state index in [0.29, 0.717) is 16.9 Å². The summed E-state index contributed by atoms with van der Waals surface area (Å²) >= 11 is 0. The van der Waals surface area contributed by atoms with Gasteiger partial charge in [-0.2, -0.15) is 0 Å². The minimum Gasteiger partial charge on any atom is -0.489 e. The van der Waals surface area contributed by atoms with Crippen molar-refractivity contribution in [3.63, 3.8) is 0 Å². The number of benzene rings is 2. The highest BCUT2D eigenvalue weighted by Gasteiger charge is 2.08. The van der Waals surface area contributed by atoms with Gasteiger partial charge in [0.1, 0.15) is 24.2 Å². The van der Waals surface area contributed by atoms with E-state index < -0.39 is 5.63 Å². The molecule has 0 unspecified atom stereocenters. The number of hydrogen-bond donors (Lipinski definition) is 0. The molecule has 0 radical (unpaired) electrons. The minimum absolute atomic E-state index is 0.255. The first-order chi connectivity index (χ1) is 11.1. The molecular formula is C19H16O4. The van der Waals surface area contributed by atoms with Crippen molar-refractivity contribution in [3.05, 3.63) is 75.1 Å². The van der Waals surface area contributed by atoms with E-state index in [9.17, 15) is 9.59 Å². The average Bonchev–Trinajstić information content (AvgIpc) is 2.55. The van der Waals surface area contributed by atoms with Crippen molar-refractivity contribution < 1.29 is 13.9 Å². The second kappa shape index (κ2) is 6.08. The van der Waals surface area contributed by atoms with Crippen LogP contribution in [-0.2, 0) is 6.61 Å². The molecule has 0 fully saturated rings. The summed E-state index contributed by atoms with van der Waals surface area (Å²) in [5.74, 6) is 0.640. The molecular weight excluding hydrogens is 292 g/mol. The molecule has 0 saturated heterocycles. The van der Waals surface area contributed by atoms with Gasteiger partial charge in [-0.05, 0) is 61.4 Å². The highest BCUT2D eigenvalue weighted by molar-refractivity contribution is 5.81. The molecule has 0 aliphatic heterocycles. The molecule has 1 heterocycles. The largest absolute Gasteiger partial charge is 0.489 e. The number of carbonyl (C=O) groups is 1. The maximum atomic E-state index is 11.7. The van der Waals surface area contributed by atoms with Crippen molar-refractivity contribution in [3.8, 4) is 5.75 Å². The summed E-state index contributed by atoms with van der Waals surface area (Å²) in [6.45, 7) is 4.25. The molecule has 0 spiro atoms. The van der Waals surface area contributed by atoms with Gasteiger partial charge >= 0.3 is 5.63 Å². The summed E-state index contributed by atoms with van der Waals surface area (Å²) in [4.78, 5) is 22.4. The third-order valence-electron chi connectivity index (χ3n) is 3.86. The monoisotopic (exact) mass is 308 g/mol. The molecule has 23 heavy (non-hydrogen) atoms. The third-order valence-corrected chi connectivity index (χ3v) is 3.86.